The predicted octanol–water partition coefficient (Wildman–Crippen LogP) is 5.08. The molecule has 2 heteroatoms. The Kier molecular flexibility index (Phi) is 6.30. The van der Waals surface area contributed by atoms with E-state index in [0.717, 1.165) is 29.2 Å². The maximum atomic E-state index is 3.74. The van der Waals surface area contributed by atoms with Gasteiger partial charge in [-0.3, -0.25) is 0 Å². The minimum atomic E-state index is 0.652. The molecular weight excluding hydrogens is 292 g/mol. The average Bonchev–Trinajstić information content (AvgIpc) is 2.49. The van der Waals surface area contributed by atoms with Crippen molar-refractivity contribution in [2.45, 2.75) is 97.6 Å². The largest absolute Gasteiger partial charge is 0.312 e. The highest BCUT2D eigenvalue weighted by Gasteiger charge is 2.44. The van der Waals surface area contributed by atoms with Crippen LogP contribution < -0.4 is 5.32 Å². The van der Waals surface area contributed by atoms with Gasteiger partial charge in [0.2, 0.25) is 0 Å². The first-order valence-electron chi connectivity index (χ1n) is 10.9. The molecule has 1 saturated heterocycles. The number of hydrogen-bond donors (Lipinski definition) is 1. The van der Waals surface area contributed by atoms with E-state index in [1.807, 2.05) is 0 Å². The Labute approximate surface area is 151 Å². The molecule has 1 spiro atoms. The van der Waals surface area contributed by atoms with Gasteiger partial charge in [-0.15, -0.1) is 0 Å². The van der Waals surface area contributed by atoms with Crippen LogP contribution in [0.2, 0.25) is 0 Å². The molecule has 3 aliphatic rings. The van der Waals surface area contributed by atoms with Crippen molar-refractivity contribution in [1.29, 1.82) is 0 Å². The summed E-state index contributed by atoms with van der Waals surface area (Å²) in [5.74, 6) is 2.92. The van der Waals surface area contributed by atoms with Gasteiger partial charge in [0.1, 0.15) is 0 Å². The van der Waals surface area contributed by atoms with Crippen LogP contribution in [0, 0.1) is 23.2 Å². The van der Waals surface area contributed by atoms with Gasteiger partial charge >= 0.3 is 0 Å². The molecule has 1 aliphatic heterocycles. The van der Waals surface area contributed by atoms with Crippen LogP contribution in [0.4, 0.5) is 0 Å². The lowest BCUT2D eigenvalue weighted by Crippen LogP contribution is -2.58. The Morgan fingerprint density at radius 2 is 1.46 bits per heavy atom. The van der Waals surface area contributed by atoms with Crippen LogP contribution >= 0.6 is 0 Å². The summed E-state index contributed by atoms with van der Waals surface area (Å²) in [5.41, 5.74) is 0.740. The van der Waals surface area contributed by atoms with Crippen molar-refractivity contribution >= 4 is 0 Å². The molecule has 0 bridgehead atoms. The van der Waals surface area contributed by atoms with E-state index in [2.05, 4.69) is 37.9 Å². The Balaban J connectivity index is 1.32. The van der Waals surface area contributed by atoms with E-state index in [1.54, 1.807) is 6.42 Å². The van der Waals surface area contributed by atoms with Crippen LogP contribution in [-0.4, -0.2) is 36.6 Å². The van der Waals surface area contributed by atoms with Gasteiger partial charge in [-0.2, -0.15) is 0 Å². The molecule has 0 radical (unpaired) electrons. The fourth-order valence-corrected chi connectivity index (χ4v) is 5.90. The smallest absolute Gasteiger partial charge is 0.00696 e. The summed E-state index contributed by atoms with van der Waals surface area (Å²) in [5, 5.41) is 3.74. The first-order chi connectivity index (χ1) is 11.4. The number of nitrogens with zero attached hydrogens (tertiary/aromatic N) is 1. The highest BCUT2D eigenvalue weighted by Crippen LogP contribution is 2.47. The van der Waals surface area contributed by atoms with Crippen molar-refractivity contribution < 1.29 is 0 Å². The van der Waals surface area contributed by atoms with Crippen LogP contribution in [0.15, 0.2) is 0 Å². The lowest BCUT2D eigenvalue weighted by atomic mass is 9.64. The number of hydrogen-bond acceptors (Lipinski definition) is 2. The minimum Gasteiger partial charge on any atom is -0.312 e. The molecule has 3 rings (SSSR count). The summed E-state index contributed by atoms with van der Waals surface area (Å²) >= 11 is 0. The first-order valence-corrected chi connectivity index (χ1v) is 10.9. The van der Waals surface area contributed by atoms with Crippen molar-refractivity contribution in [1.82, 2.24) is 10.2 Å². The Hall–Kier alpha value is -0.0800. The van der Waals surface area contributed by atoms with Gasteiger partial charge in [0.25, 0.3) is 0 Å². The van der Waals surface area contributed by atoms with Crippen LogP contribution in [0.1, 0.15) is 85.5 Å². The van der Waals surface area contributed by atoms with Crippen molar-refractivity contribution in [3.63, 3.8) is 0 Å². The number of nitrogens with one attached hydrogen (secondary N) is 1. The fourth-order valence-electron chi connectivity index (χ4n) is 5.90. The van der Waals surface area contributed by atoms with Gasteiger partial charge in [0.05, 0.1) is 0 Å². The second-order valence-corrected chi connectivity index (χ2v) is 10.3. The van der Waals surface area contributed by atoms with Gasteiger partial charge in [0, 0.05) is 31.7 Å². The van der Waals surface area contributed by atoms with Crippen molar-refractivity contribution in [2.75, 3.05) is 19.6 Å². The van der Waals surface area contributed by atoms with E-state index in [-0.39, 0.29) is 0 Å². The summed E-state index contributed by atoms with van der Waals surface area (Å²) in [6.07, 6.45) is 13.4. The molecule has 0 aromatic carbocycles. The third-order valence-electron chi connectivity index (χ3n) is 6.99. The maximum Gasteiger partial charge on any atom is 0.00696 e. The van der Waals surface area contributed by atoms with E-state index >= 15 is 0 Å². The Morgan fingerprint density at radius 1 is 0.875 bits per heavy atom. The fraction of sp³-hybridized carbons (Fsp3) is 1.00. The van der Waals surface area contributed by atoms with E-state index in [4.69, 9.17) is 0 Å². The Morgan fingerprint density at radius 3 is 2.00 bits per heavy atom. The molecule has 140 valence electrons. The zero-order valence-electron chi connectivity index (χ0n) is 16.8. The van der Waals surface area contributed by atoms with E-state index in [0.29, 0.717) is 6.04 Å². The molecule has 2 aliphatic carbocycles. The molecule has 1 heterocycles. The molecule has 0 unspecified atom stereocenters. The summed E-state index contributed by atoms with van der Waals surface area (Å²) in [7, 11) is 0. The monoisotopic (exact) mass is 334 g/mol. The molecule has 2 saturated carbocycles. The second kappa shape index (κ2) is 8.08. The highest BCUT2D eigenvalue weighted by atomic mass is 15.2. The summed E-state index contributed by atoms with van der Waals surface area (Å²) in [6, 6.07) is 1.46. The normalized spacial score (nSPS) is 31.8. The minimum absolute atomic E-state index is 0.652. The second-order valence-electron chi connectivity index (χ2n) is 10.3. The van der Waals surface area contributed by atoms with Gasteiger partial charge in [-0.1, -0.05) is 27.7 Å². The summed E-state index contributed by atoms with van der Waals surface area (Å²) < 4.78 is 0. The average molecular weight is 335 g/mol. The number of likely N-dealkylation sites (tertiary alicyclic amines) is 1. The van der Waals surface area contributed by atoms with Gasteiger partial charge in [-0.05, 0) is 81.0 Å². The topological polar surface area (TPSA) is 15.3 Å². The molecular formula is C22H42N2. The Bertz CT molecular complexity index is 365. The summed E-state index contributed by atoms with van der Waals surface area (Å²) in [4.78, 5) is 2.70. The highest BCUT2D eigenvalue weighted by molar-refractivity contribution is 4.98. The van der Waals surface area contributed by atoms with Crippen LogP contribution in [0.25, 0.3) is 0 Å². The third-order valence-corrected chi connectivity index (χ3v) is 6.99. The van der Waals surface area contributed by atoms with Crippen molar-refractivity contribution in [2.24, 2.45) is 23.2 Å². The van der Waals surface area contributed by atoms with Crippen molar-refractivity contribution in [3.05, 3.63) is 0 Å². The lowest BCUT2D eigenvalue weighted by Gasteiger charge is -2.54. The summed E-state index contributed by atoms with van der Waals surface area (Å²) in [6.45, 7) is 13.4. The van der Waals surface area contributed by atoms with E-state index in [1.165, 1.54) is 71.0 Å². The van der Waals surface area contributed by atoms with Gasteiger partial charge < -0.3 is 10.2 Å². The standard InChI is InChI=1S/C22H42N2/c1-17(2)14-24-15-22(16-24)11-9-20(10-12-22)13-19-5-7-21(8-6-19)23-18(3)4/h17-21,23H,5-16H2,1-4H3. The van der Waals surface area contributed by atoms with Gasteiger partial charge in [-0.25, -0.2) is 0 Å². The predicted molar refractivity (Wildman–Crippen MR) is 104 cm³/mol. The van der Waals surface area contributed by atoms with E-state index < -0.39 is 0 Å². The van der Waals surface area contributed by atoms with E-state index in [9.17, 15) is 0 Å². The molecule has 0 aromatic rings. The van der Waals surface area contributed by atoms with Crippen LogP contribution in [-0.2, 0) is 0 Å². The molecule has 0 aromatic heterocycles. The molecule has 24 heavy (non-hydrogen) atoms. The molecule has 0 amide bonds. The third kappa shape index (κ3) is 4.97. The zero-order chi connectivity index (χ0) is 17.2. The van der Waals surface area contributed by atoms with Crippen LogP contribution in [0.5, 0.6) is 0 Å². The zero-order valence-corrected chi connectivity index (χ0v) is 16.8. The van der Waals surface area contributed by atoms with Crippen LogP contribution in [0.3, 0.4) is 0 Å². The molecule has 0 atom stereocenters. The molecule has 2 nitrogen and oxygen atoms in total. The van der Waals surface area contributed by atoms with Crippen molar-refractivity contribution in [3.8, 4) is 0 Å². The lowest BCUT2D eigenvalue weighted by molar-refractivity contribution is -0.0456. The maximum absolute atomic E-state index is 3.74. The first kappa shape index (κ1) is 18.7. The SMILES string of the molecule is CC(C)CN1CC2(CCC(CC3CCC(NC(C)C)CC3)CC2)C1. The number of rotatable bonds is 6. The van der Waals surface area contributed by atoms with Gasteiger partial charge in [0.15, 0.2) is 0 Å². The quantitative estimate of drug-likeness (QED) is 0.728. The molecule has 3 fully saturated rings. The molecule has 1 N–H and O–H groups in total.